The second kappa shape index (κ2) is 7.48. The summed E-state index contributed by atoms with van der Waals surface area (Å²) in [5, 5.41) is 11.5. The molecule has 0 radical (unpaired) electrons. The average molecular weight is 276 g/mol. The molecule has 2 N–H and O–H groups in total. The molecular weight excluding hydrogens is 256 g/mol. The topological polar surface area (TPSA) is 78.9 Å². The number of carboxylic acid groups (broad SMARTS) is 1. The van der Waals surface area contributed by atoms with Crippen LogP contribution in [0.25, 0.3) is 0 Å². The largest absolute Gasteiger partial charge is 0.480 e. The zero-order valence-electron chi connectivity index (χ0n) is 10.7. The van der Waals surface area contributed by atoms with Crippen molar-refractivity contribution in [2.24, 2.45) is 0 Å². The Labute approximate surface area is 111 Å². The molecule has 0 saturated carbocycles. The molecule has 1 saturated heterocycles. The molecule has 0 aliphatic carbocycles. The summed E-state index contributed by atoms with van der Waals surface area (Å²) in [6.45, 7) is 0.306. The predicted molar refractivity (Wildman–Crippen MR) is 69.9 cm³/mol. The summed E-state index contributed by atoms with van der Waals surface area (Å²) in [7, 11) is 3.21. The number of nitrogens with one attached hydrogen (secondary N) is 1. The Hall–Kier alpha value is -0.950. The van der Waals surface area contributed by atoms with Gasteiger partial charge >= 0.3 is 12.0 Å². The van der Waals surface area contributed by atoms with Gasteiger partial charge in [-0.25, -0.2) is 9.59 Å². The fraction of sp³-hybridized carbons (Fsp3) is 0.818. The van der Waals surface area contributed by atoms with Crippen LogP contribution < -0.4 is 5.32 Å². The quantitative estimate of drug-likeness (QED) is 0.743. The summed E-state index contributed by atoms with van der Waals surface area (Å²) in [5.74, 6) is 0.934. The van der Waals surface area contributed by atoms with Gasteiger partial charge in [0.05, 0.1) is 0 Å². The number of aliphatic carboxylic acids is 1. The third-order valence-electron chi connectivity index (χ3n) is 2.98. The summed E-state index contributed by atoms with van der Waals surface area (Å²) in [6, 6.07) is -1.02. The van der Waals surface area contributed by atoms with E-state index in [1.54, 1.807) is 11.9 Å². The van der Waals surface area contributed by atoms with E-state index in [0.29, 0.717) is 6.61 Å². The first-order chi connectivity index (χ1) is 8.56. The molecule has 0 spiro atoms. The standard InChI is InChI=1S/C11H20N2O4S/c1-13(8-4-6-18-7-8)11(16)12-9(10(14)15)3-5-17-2/h8-9H,3-7H2,1-2H3,(H,12,16)(H,14,15). The van der Waals surface area contributed by atoms with Gasteiger partial charge in [-0.05, 0) is 12.2 Å². The van der Waals surface area contributed by atoms with Crippen LogP contribution in [-0.4, -0.2) is 66.4 Å². The van der Waals surface area contributed by atoms with Crippen LogP contribution in [-0.2, 0) is 9.53 Å². The number of amides is 2. The van der Waals surface area contributed by atoms with Gasteiger partial charge in [-0.3, -0.25) is 0 Å². The van der Waals surface area contributed by atoms with Crippen molar-refractivity contribution in [1.29, 1.82) is 0 Å². The lowest BCUT2D eigenvalue weighted by Gasteiger charge is -2.26. The Kier molecular flexibility index (Phi) is 6.28. The number of carbonyl (C=O) groups is 2. The number of ether oxygens (including phenoxy) is 1. The van der Waals surface area contributed by atoms with E-state index in [-0.39, 0.29) is 18.5 Å². The van der Waals surface area contributed by atoms with Gasteiger partial charge in [0, 0.05) is 39.0 Å². The number of thioether (sulfide) groups is 1. The lowest BCUT2D eigenvalue weighted by atomic mass is 10.2. The highest BCUT2D eigenvalue weighted by Crippen LogP contribution is 2.21. The summed E-state index contributed by atoms with van der Waals surface area (Å²) < 4.78 is 4.83. The molecule has 1 aliphatic rings. The van der Waals surface area contributed by atoms with Crippen LogP contribution in [0.1, 0.15) is 12.8 Å². The van der Waals surface area contributed by atoms with Gasteiger partial charge in [-0.1, -0.05) is 0 Å². The van der Waals surface area contributed by atoms with E-state index < -0.39 is 12.0 Å². The molecule has 2 unspecified atom stereocenters. The van der Waals surface area contributed by atoms with Crippen molar-refractivity contribution in [1.82, 2.24) is 10.2 Å². The SMILES string of the molecule is COCCC(NC(=O)N(C)C1CCSC1)C(=O)O. The van der Waals surface area contributed by atoms with Crippen molar-refractivity contribution in [3.8, 4) is 0 Å². The smallest absolute Gasteiger partial charge is 0.326 e. The number of carboxylic acids is 1. The third kappa shape index (κ3) is 4.38. The summed E-state index contributed by atoms with van der Waals surface area (Å²) in [6.07, 6.45) is 1.23. The first-order valence-electron chi connectivity index (χ1n) is 5.89. The Morgan fingerprint density at radius 1 is 1.61 bits per heavy atom. The molecule has 1 aliphatic heterocycles. The number of hydrogen-bond acceptors (Lipinski definition) is 4. The first kappa shape index (κ1) is 15.1. The molecule has 0 aromatic carbocycles. The number of carbonyl (C=O) groups excluding carboxylic acids is 1. The number of nitrogens with zero attached hydrogens (tertiary/aromatic N) is 1. The van der Waals surface area contributed by atoms with Gasteiger partial charge in [-0.15, -0.1) is 0 Å². The van der Waals surface area contributed by atoms with Crippen molar-refractivity contribution >= 4 is 23.8 Å². The molecule has 1 rings (SSSR count). The van der Waals surface area contributed by atoms with E-state index in [1.807, 2.05) is 11.8 Å². The zero-order chi connectivity index (χ0) is 13.5. The van der Waals surface area contributed by atoms with Crippen LogP contribution >= 0.6 is 11.8 Å². The second-order valence-corrected chi connectivity index (χ2v) is 5.40. The van der Waals surface area contributed by atoms with Gasteiger partial charge in [0.1, 0.15) is 6.04 Å². The molecule has 6 nitrogen and oxygen atoms in total. The highest BCUT2D eigenvalue weighted by molar-refractivity contribution is 7.99. The van der Waals surface area contributed by atoms with E-state index in [9.17, 15) is 9.59 Å². The normalized spacial score (nSPS) is 20.4. The molecule has 1 fully saturated rings. The molecule has 18 heavy (non-hydrogen) atoms. The lowest BCUT2D eigenvalue weighted by molar-refractivity contribution is -0.139. The van der Waals surface area contributed by atoms with Crippen molar-refractivity contribution in [2.45, 2.75) is 24.9 Å². The Bertz CT molecular complexity index is 295. The maximum absolute atomic E-state index is 11.9. The zero-order valence-corrected chi connectivity index (χ0v) is 11.5. The minimum absolute atomic E-state index is 0.201. The van der Waals surface area contributed by atoms with Crippen LogP contribution in [0.2, 0.25) is 0 Å². The highest BCUT2D eigenvalue weighted by atomic mass is 32.2. The molecule has 0 aromatic heterocycles. The summed E-state index contributed by atoms with van der Waals surface area (Å²) >= 11 is 1.81. The summed E-state index contributed by atoms with van der Waals surface area (Å²) in [5.41, 5.74) is 0. The number of rotatable bonds is 6. The van der Waals surface area contributed by atoms with E-state index in [1.165, 1.54) is 7.11 Å². The van der Waals surface area contributed by atoms with Crippen molar-refractivity contribution in [2.75, 3.05) is 32.3 Å². The van der Waals surface area contributed by atoms with Gasteiger partial charge in [0.15, 0.2) is 0 Å². The van der Waals surface area contributed by atoms with E-state index >= 15 is 0 Å². The van der Waals surface area contributed by atoms with Crippen LogP contribution in [0, 0.1) is 0 Å². The van der Waals surface area contributed by atoms with Gasteiger partial charge < -0.3 is 20.1 Å². The third-order valence-corrected chi connectivity index (χ3v) is 4.13. The first-order valence-corrected chi connectivity index (χ1v) is 7.04. The van der Waals surface area contributed by atoms with Crippen LogP contribution in [0.3, 0.4) is 0 Å². The molecule has 0 bridgehead atoms. The molecule has 7 heteroatoms. The van der Waals surface area contributed by atoms with Gasteiger partial charge in [0.2, 0.25) is 0 Å². The molecule has 104 valence electrons. The number of urea groups is 1. The number of methoxy groups -OCH3 is 1. The summed E-state index contributed by atoms with van der Waals surface area (Å²) in [4.78, 5) is 24.5. The monoisotopic (exact) mass is 276 g/mol. The van der Waals surface area contributed by atoms with Crippen molar-refractivity contribution in [3.05, 3.63) is 0 Å². The molecule has 2 atom stereocenters. The van der Waals surface area contributed by atoms with E-state index in [2.05, 4.69) is 5.32 Å². The molecule has 1 heterocycles. The highest BCUT2D eigenvalue weighted by Gasteiger charge is 2.27. The van der Waals surface area contributed by atoms with Crippen LogP contribution in [0.4, 0.5) is 4.79 Å². The molecule has 2 amide bonds. The van der Waals surface area contributed by atoms with Crippen LogP contribution in [0.5, 0.6) is 0 Å². The fourth-order valence-corrected chi connectivity index (χ4v) is 3.01. The van der Waals surface area contributed by atoms with Crippen LogP contribution in [0.15, 0.2) is 0 Å². The Balaban J connectivity index is 2.46. The Morgan fingerprint density at radius 2 is 2.33 bits per heavy atom. The van der Waals surface area contributed by atoms with Gasteiger partial charge in [0.25, 0.3) is 0 Å². The second-order valence-electron chi connectivity index (χ2n) is 4.25. The van der Waals surface area contributed by atoms with Crippen molar-refractivity contribution in [3.63, 3.8) is 0 Å². The predicted octanol–water partition coefficient (Wildman–Crippen LogP) is 0.623. The molecule has 0 aromatic rings. The maximum Gasteiger partial charge on any atom is 0.326 e. The fourth-order valence-electron chi connectivity index (χ4n) is 1.74. The lowest BCUT2D eigenvalue weighted by Crippen LogP contribution is -2.50. The Morgan fingerprint density at radius 3 is 2.83 bits per heavy atom. The minimum atomic E-state index is -1.03. The van der Waals surface area contributed by atoms with Gasteiger partial charge in [-0.2, -0.15) is 11.8 Å². The average Bonchev–Trinajstić information content (AvgIpc) is 2.86. The molecular formula is C11H20N2O4S. The minimum Gasteiger partial charge on any atom is -0.480 e. The number of hydrogen-bond donors (Lipinski definition) is 2. The van der Waals surface area contributed by atoms with Crippen molar-refractivity contribution < 1.29 is 19.4 Å². The van der Waals surface area contributed by atoms with E-state index in [0.717, 1.165) is 17.9 Å². The van der Waals surface area contributed by atoms with E-state index in [4.69, 9.17) is 9.84 Å². The maximum atomic E-state index is 11.9.